The van der Waals surface area contributed by atoms with E-state index >= 15 is 0 Å². The number of pyridine rings is 1. The molecule has 0 unspecified atom stereocenters. The molecular weight excluding hydrogens is 224 g/mol. The number of ether oxygens (including phenoxy) is 1. The average molecular weight is 238 g/mol. The molecule has 0 N–H and O–H groups in total. The minimum absolute atomic E-state index is 0.362. The zero-order valence-electron chi connectivity index (χ0n) is 10.5. The summed E-state index contributed by atoms with van der Waals surface area (Å²) in [5.74, 6) is 0.850. The van der Waals surface area contributed by atoms with Gasteiger partial charge < -0.3 is 4.74 Å². The van der Waals surface area contributed by atoms with Gasteiger partial charge >= 0.3 is 0 Å². The van der Waals surface area contributed by atoms with Gasteiger partial charge in [0.15, 0.2) is 0 Å². The van der Waals surface area contributed by atoms with Gasteiger partial charge in [-0.25, -0.2) is 4.98 Å². The van der Waals surface area contributed by atoms with Gasteiger partial charge in [-0.15, -0.1) is 0 Å². The molecule has 0 saturated heterocycles. The molecule has 3 heteroatoms. The second-order valence-corrected chi connectivity index (χ2v) is 4.11. The Morgan fingerprint density at radius 2 is 2.06 bits per heavy atom. The highest BCUT2D eigenvalue weighted by Crippen LogP contribution is 2.21. The molecule has 3 nitrogen and oxygen atoms in total. The third-order valence-corrected chi connectivity index (χ3v) is 2.94. The topological polar surface area (TPSA) is 45.9 Å². The Morgan fingerprint density at radius 1 is 1.22 bits per heavy atom. The van der Waals surface area contributed by atoms with Crippen molar-refractivity contribution in [2.75, 3.05) is 0 Å². The molecule has 0 fully saturated rings. The van der Waals surface area contributed by atoms with Crippen molar-refractivity contribution in [3.8, 4) is 11.8 Å². The molecule has 0 radical (unpaired) electrons. The molecular formula is C15H14N2O. The van der Waals surface area contributed by atoms with Crippen LogP contribution in [0.1, 0.15) is 22.4 Å². The van der Waals surface area contributed by atoms with E-state index in [2.05, 4.69) is 11.1 Å². The molecule has 0 aliphatic carbocycles. The minimum Gasteiger partial charge on any atom is -0.489 e. The fraction of sp³-hybridized carbons (Fsp3) is 0.200. The Balaban J connectivity index is 2.17. The van der Waals surface area contributed by atoms with Crippen molar-refractivity contribution in [3.05, 3.63) is 58.9 Å². The molecule has 0 saturated carbocycles. The highest BCUT2D eigenvalue weighted by atomic mass is 16.5. The van der Waals surface area contributed by atoms with Crippen LogP contribution >= 0.6 is 0 Å². The lowest BCUT2D eigenvalue weighted by Crippen LogP contribution is -2.01. The third kappa shape index (κ3) is 2.49. The number of benzene rings is 1. The van der Waals surface area contributed by atoms with Gasteiger partial charge in [-0.1, -0.05) is 18.2 Å². The molecule has 0 atom stereocenters. The summed E-state index contributed by atoms with van der Waals surface area (Å²) >= 11 is 0. The lowest BCUT2D eigenvalue weighted by molar-refractivity contribution is 0.303. The number of nitrogens with zero attached hydrogens (tertiary/aromatic N) is 2. The predicted octanol–water partition coefficient (Wildman–Crippen LogP) is 3.15. The Kier molecular flexibility index (Phi) is 3.59. The quantitative estimate of drug-likeness (QED) is 0.825. The molecule has 1 heterocycles. The number of aromatic nitrogens is 1. The van der Waals surface area contributed by atoms with Gasteiger partial charge in [-0.2, -0.15) is 5.26 Å². The number of hydrogen-bond donors (Lipinski definition) is 0. The van der Waals surface area contributed by atoms with E-state index in [0.717, 1.165) is 16.9 Å². The molecule has 2 rings (SSSR count). The van der Waals surface area contributed by atoms with Crippen LogP contribution in [0.15, 0.2) is 36.5 Å². The maximum absolute atomic E-state index is 8.95. The number of hydrogen-bond acceptors (Lipinski definition) is 3. The highest BCUT2D eigenvalue weighted by Gasteiger charge is 2.05. The summed E-state index contributed by atoms with van der Waals surface area (Å²) in [4.78, 5) is 4.01. The summed E-state index contributed by atoms with van der Waals surface area (Å²) in [6.45, 7) is 4.44. The lowest BCUT2D eigenvalue weighted by Gasteiger charge is -2.11. The van der Waals surface area contributed by atoms with Gasteiger partial charge in [-0.05, 0) is 37.1 Å². The van der Waals surface area contributed by atoms with Crippen LogP contribution in [-0.2, 0) is 6.61 Å². The van der Waals surface area contributed by atoms with Gasteiger partial charge in [0.05, 0.1) is 0 Å². The summed E-state index contributed by atoms with van der Waals surface area (Å²) in [7, 11) is 0. The first-order chi connectivity index (χ1) is 8.72. The Bertz CT molecular complexity index is 600. The van der Waals surface area contributed by atoms with Crippen molar-refractivity contribution in [2.45, 2.75) is 20.5 Å². The molecule has 1 aromatic carbocycles. The van der Waals surface area contributed by atoms with Crippen LogP contribution in [0, 0.1) is 25.2 Å². The van der Waals surface area contributed by atoms with E-state index in [-0.39, 0.29) is 0 Å². The first-order valence-corrected chi connectivity index (χ1v) is 5.75. The highest BCUT2D eigenvalue weighted by molar-refractivity contribution is 5.39. The smallest absolute Gasteiger partial charge is 0.147 e. The maximum Gasteiger partial charge on any atom is 0.147 e. The Labute approximate surface area is 107 Å². The van der Waals surface area contributed by atoms with Crippen LogP contribution in [0.2, 0.25) is 0 Å². The molecule has 2 aromatic rings. The number of aryl methyl sites for hydroxylation is 1. The minimum atomic E-state index is 0.362. The summed E-state index contributed by atoms with van der Waals surface area (Å²) in [5, 5.41) is 8.95. The normalized spacial score (nSPS) is 9.83. The van der Waals surface area contributed by atoms with Crippen LogP contribution in [0.3, 0.4) is 0 Å². The first kappa shape index (κ1) is 12.1. The van der Waals surface area contributed by atoms with Crippen molar-refractivity contribution in [2.24, 2.45) is 0 Å². The van der Waals surface area contributed by atoms with Crippen molar-refractivity contribution in [3.63, 3.8) is 0 Å². The van der Waals surface area contributed by atoms with E-state index in [0.29, 0.717) is 12.3 Å². The van der Waals surface area contributed by atoms with E-state index in [4.69, 9.17) is 10.00 Å². The Morgan fingerprint density at radius 3 is 2.83 bits per heavy atom. The van der Waals surface area contributed by atoms with Crippen molar-refractivity contribution < 1.29 is 4.74 Å². The van der Waals surface area contributed by atoms with E-state index in [1.54, 1.807) is 6.20 Å². The second-order valence-electron chi connectivity index (χ2n) is 4.11. The molecule has 0 aliphatic heterocycles. The zero-order chi connectivity index (χ0) is 13.0. The van der Waals surface area contributed by atoms with Gasteiger partial charge in [0.25, 0.3) is 0 Å². The van der Waals surface area contributed by atoms with Gasteiger partial charge in [0.1, 0.15) is 24.1 Å². The monoisotopic (exact) mass is 238 g/mol. The van der Waals surface area contributed by atoms with Gasteiger partial charge in [0, 0.05) is 11.8 Å². The van der Waals surface area contributed by atoms with Crippen molar-refractivity contribution in [1.82, 2.24) is 4.98 Å². The van der Waals surface area contributed by atoms with E-state index in [1.165, 1.54) is 5.56 Å². The summed E-state index contributed by atoms with van der Waals surface area (Å²) in [6.07, 6.45) is 1.61. The molecule has 0 amide bonds. The maximum atomic E-state index is 8.95. The van der Waals surface area contributed by atoms with Crippen LogP contribution < -0.4 is 4.74 Å². The lowest BCUT2D eigenvalue weighted by atomic mass is 10.1. The molecule has 90 valence electrons. The van der Waals surface area contributed by atoms with Gasteiger partial charge in [-0.3, -0.25) is 0 Å². The predicted molar refractivity (Wildman–Crippen MR) is 69.2 cm³/mol. The third-order valence-electron chi connectivity index (χ3n) is 2.94. The summed E-state index contributed by atoms with van der Waals surface area (Å²) in [5.41, 5.74) is 3.54. The molecule has 0 bridgehead atoms. The molecule has 0 spiro atoms. The van der Waals surface area contributed by atoms with Crippen molar-refractivity contribution >= 4 is 0 Å². The zero-order valence-corrected chi connectivity index (χ0v) is 10.5. The molecule has 1 aromatic heterocycles. The van der Waals surface area contributed by atoms with Crippen LogP contribution in [0.25, 0.3) is 0 Å². The SMILES string of the molecule is Cc1cccc(OCc2cccnc2C#N)c1C. The first-order valence-electron chi connectivity index (χ1n) is 5.75. The second kappa shape index (κ2) is 5.33. The fourth-order valence-electron chi connectivity index (χ4n) is 1.69. The largest absolute Gasteiger partial charge is 0.489 e. The average Bonchev–Trinajstić information content (AvgIpc) is 2.41. The van der Waals surface area contributed by atoms with Crippen LogP contribution in [0.4, 0.5) is 0 Å². The standard InChI is InChI=1S/C15H14N2O/c1-11-5-3-7-15(12(11)2)18-10-13-6-4-8-17-14(13)9-16/h3-8H,10H2,1-2H3. The molecule has 18 heavy (non-hydrogen) atoms. The summed E-state index contributed by atoms with van der Waals surface area (Å²) in [6, 6.07) is 11.7. The van der Waals surface area contributed by atoms with Crippen LogP contribution in [-0.4, -0.2) is 4.98 Å². The van der Waals surface area contributed by atoms with Gasteiger partial charge in [0.2, 0.25) is 0 Å². The molecule has 0 aliphatic rings. The van der Waals surface area contributed by atoms with E-state index in [9.17, 15) is 0 Å². The number of rotatable bonds is 3. The Hall–Kier alpha value is -2.34. The van der Waals surface area contributed by atoms with Crippen LogP contribution in [0.5, 0.6) is 5.75 Å². The van der Waals surface area contributed by atoms with E-state index in [1.807, 2.05) is 44.2 Å². The van der Waals surface area contributed by atoms with Crippen molar-refractivity contribution in [1.29, 1.82) is 5.26 Å². The fourth-order valence-corrected chi connectivity index (χ4v) is 1.69. The number of nitriles is 1. The summed E-state index contributed by atoms with van der Waals surface area (Å²) < 4.78 is 5.76. The van der Waals surface area contributed by atoms with E-state index < -0.39 is 0 Å².